The van der Waals surface area contributed by atoms with Crippen molar-refractivity contribution in [3.05, 3.63) is 12.7 Å². The zero-order valence-electron chi connectivity index (χ0n) is 34.7. The maximum Gasteiger partial charge on any atom is 0.306 e. The van der Waals surface area contributed by atoms with E-state index in [1.54, 1.807) is 0 Å². The molecule has 0 bridgehead atoms. The fraction of sp³-hybridized carbons (Fsp3) is 0.935. The van der Waals surface area contributed by atoms with Crippen molar-refractivity contribution in [2.75, 3.05) is 13.1 Å². The minimum absolute atomic E-state index is 0.000332. The van der Waals surface area contributed by atoms with Crippen molar-refractivity contribution in [3.63, 3.8) is 0 Å². The van der Waals surface area contributed by atoms with Gasteiger partial charge in [0, 0.05) is 6.42 Å². The van der Waals surface area contributed by atoms with Gasteiger partial charge in [-0.3, -0.25) is 4.79 Å². The van der Waals surface area contributed by atoms with Crippen LogP contribution >= 0.6 is 0 Å². The van der Waals surface area contributed by atoms with Crippen LogP contribution in [0.15, 0.2) is 12.7 Å². The van der Waals surface area contributed by atoms with Gasteiger partial charge in [0.2, 0.25) is 0 Å². The molecule has 1 N–H and O–H groups in total. The van der Waals surface area contributed by atoms with Crippen LogP contribution in [0.1, 0.15) is 253 Å². The summed E-state index contributed by atoms with van der Waals surface area (Å²) in [6.45, 7) is 17.3. The summed E-state index contributed by atoms with van der Waals surface area (Å²) in [6, 6.07) is 0. The van der Waals surface area contributed by atoms with E-state index in [0.29, 0.717) is 6.42 Å². The van der Waals surface area contributed by atoms with E-state index in [2.05, 4.69) is 39.6 Å². The van der Waals surface area contributed by atoms with Crippen molar-refractivity contribution in [3.8, 4) is 0 Å². The Bertz CT molecular complexity index is 604. The van der Waals surface area contributed by atoms with Crippen LogP contribution in [0.2, 0.25) is 0 Å². The first kappa shape index (κ1) is 50.3. The SMILES string of the molecule is C=CCCCCCCCNCCCCCCCC(=O)OC(C)CCCCCCCC.CCCCCCCCC(CC)CCCCCCCC. The summed E-state index contributed by atoms with van der Waals surface area (Å²) in [7, 11) is 0. The molecule has 0 aliphatic carbocycles. The van der Waals surface area contributed by atoms with Gasteiger partial charge >= 0.3 is 5.97 Å². The Hall–Kier alpha value is -0.830. The molecule has 0 radical (unpaired) electrons. The molecule has 0 heterocycles. The van der Waals surface area contributed by atoms with Crippen LogP contribution in [-0.2, 0) is 9.53 Å². The van der Waals surface area contributed by atoms with Crippen molar-refractivity contribution < 1.29 is 9.53 Å². The molecule has 0 aliphatic heterocycles. The predicted octanol–water partition coefficient (Wildman–Crippen LogP) is 15.6. The van der Waals surface area contributed by atoms with E-state index in [1.165, 1.54) is 186 Å². The molecule has 0 spiro atoms. The lowest BCUT2D eigenvalue weighted by molar-refractivity contribution is -0.148. The Morgan fingerprint density at radius 2 is 0.918 bits per heavy atom. The standard InChI is InChI=1S/C27H53NO2.C19H40/c1-4-6-8-10-12-16-20-24-28-25-21-17-13-15-19-23-27(29)30-26(3)22-18-14-11-9-7-5-2;1-4-7-9-11-13-15-17-19(6-3)18-16-14-12-10-8-5-2/h4,26,28H,1,5-25H2,2-3H3;19H,4-18H2,1-3H3. The predicted molar refractivity (Wildman–Crippen MR) is 222 cm³/mol. The molecule has 49 heavy (non-hydrogen) atoms. The number of carbonyl (C=O) groups is 1. The van der Waals surface area contributed by atoms with Crippen LogP contribution in [0.25, 0.3) is 0 Å². The second kappa shape index (κ2) is 45.2. The number of carbonyl (C=O) groups excluding carboxylic acids is 1. The number of nitrogens with one attached hydrogen (secondary N) is 1. The number of ether oxygens (including phenoxy) is 1. The van der Waals surface area contributed by atoms with Crippen LogP contribution in [-0.4, -0.2) is 25.2 Å². The highest BCUT2D eigenvalue weighted by atomic mass is 16.5. The Labute approximate surface area is 310 Å². The molecule has 0 saturated carbocycles. The van der Waals surface area contributed by atoms with Gasteiger partial charge in [0.05, 0.1) is 6.10 Å². The summed E-state index contributed by atoms with van der Waals surface area (Å²) >= 11 is 0. The molecule has 0 fully saturated rings. The first-order valence-electron chi connectivity index (χ1n) is 22.6. The second-order valence-corrected chi connectivity index (χ2v) is 15.4. The number of unbranched alkanes of at least 4 members (excludes halogenated alkanes) is 24. The fourth-order valence-corrected chi connectivity index (χ4v) is 6.78. The lowest BCUT2D eigenvalue weighted by Crippen LogP contribution is -2.16. The molecular formula is C46H93NO2. The van der Waals surface area contributed by atoms with Gasteiger partial charge in [0.1, 0.15) is 0 Å². The molecule has 0 amide bonds. The number of esters is 1. The molecule has 0 aromatic heterocycles. The van der Waals surface area contributed by atoms with Gasteiger partial charge < -0.3 is 10.1 Å². The fourth-order valence-electron chi connectivity index (χ4n) is 6.78. The van der Waals surface area contributed by atoms with Gasteiger partial charge in [-0.2, -0.15) is 0 Å². The molecule has 0 aromatic rings. The summed E-state index contributed by atoms with van der Waals surface area (Å²) in [5, 5.41) is 3.56. The largest absolute Gasteiger partial charge is 0.463 e. The van der Waals surface area contributed by atoms with Crippen LogP contribution in [0.3, 0.4) is 0 Å². The third kappa shape index (κ3) is 45.1. The van der Waals surface area contributed by atoms with Gasteiger partial charge in [-0.1, -0.05) is 201 Å². The van der Waals surface area contributed by atoms with Gasteiger partial charge in [0.25, 0.3) is 0 Å². The van der Waals surface area contributed by atoms with Crippen molar-refractivity contribution >= 4 is 5.97 Å². The van der Waals surface area contributed by atoms with Crippen LogP contribution in [0, 0.1) is 5.92 Å². The smallest absolute Gasteiger partial charge is 0.306 e. The van der Waals surface area contributed by atoms with E-state index < -0.39 is 0 Å². The Morgan fingerprint density at radius 1 is 0.531 bits per heavy atom. The van der Waals surface area contributed by atoms with Gasteiger partial charge in [-0.25, -0.2) is 0 Å². The summed E-state index contributed by atoms with van der Waals surface area (Å²) in [6.07, 6.45) is 47.0. The van der Waals surface area contributed by atoms with Gasteiger partial charge in [-0.15, -0.1) is 6.58 Å². The number of hydrogen-bond donors (Lipinski definition) is 1. The molecule has 0 rings (SSSR count). The molecule has 0 aromatic carbocycles. The van der Waals surface area contributed by atoms with Crippen molar-refractivity contribution in [1.82, 2.24) is 5.32 Å². The van der Waals surface area contributed by atoms with E-state index in [1.807, 2.05) is 13.0 Å². The molecule has 1 unspecified atom stereocenters. The van der Waals surface area contributed by atoms with E-state index in [0.717, 1.165) is 44.7 Å². The summed E-state index contributed by atoms with van der Waals surface area (Å²) < 4.78 is 5.54. The normalized spacial score (nSPS) is 11.8. The van der Waals surface area contributed by atoms with E-state index in [4.69, 9.17) is 4.74 Å². The maximum absolute atomic E-state index is 11.9. The third-order valence-corrected chi connectivity index (χ3v) is 10.3. The third-order valence-electron chi connectivity index (χ3n) is 10.3. The highest BCUT2D eigenvalue weighted by Crippen LogP contribution is 2.21. The summed E-state index contributed by atoms with van der Waals surface area (Å²) in [4.78, 5) is 11.9. The van der Waals surface area contributed by atoms with Crippen molar-refractivity contribution in [1.29, 1.82) is 0 Å². The van der Waals surface area contributed by atoms with Crippen molar-refractivity contribution in [2.24, 2.45) is 5.92 Å². The van der Waals surface area contributed by atoms with Crippen LogP contribution in [0.5, 0.6) is 0 Å². The lowest BCUT2D eigenvalue weighted by Gasteiger charge is -2.14. The highest BCUT2D eigenvalue weighted by Gasteiger charge is 2.09. The minimum atomic E-state index is -0.000332. The van der Waals surface area contributed by atoms with Crippen molar-refractivity contribution in [2.45, 2.75) is 259 Å². The zero-order chi connectivity index (χ0) is 36.3. The van der Waals surface area contributed by atoms with E-state index >= 15 is 0 Å². The van der Waals surface area contributed by atoms with E-state index in [-0.39, 0.29) is 12.1 Å². The Kier molecular flexibility index (Phi) is 46.4. The summed E-state index contributed by atoms with van der Waals surface area (Å²) in [5.74, 6) is 1.02. The molecule has 1 atom stereocenters. The maximum atomic E-state index is 11.9. The first-order chi connectivity index (χ1) is 24.0. The molecular weight excluding hydrogens is 599 g/mol. The number of rotatable bonds is 39. The first-order valence-corrected chi connectivity index (χ1v) is 22.6. The number of hydrogen-bond acceptors (Lipinski definition) is 3. The molecule has 294 valence electrons. The monoisotopic (exact) mass is 692 g/mol. The molecule has 3 heteroatoms. The Morgan fingerprint density at radius 3 is 1.37 bits per heavy atom. The lowest BCUT2D eigenvalue weighted by atomic mass is 9.92. The minimum Gasteiger partial charge on any atom is -0.463 e. The highest BCUT2D eigenvalue weighted by molar-refractivity contribution is 5.69. The van der Waals surface area contributed by atoms with E-state index in [9.17, 15) is 4.79 Å². The average molecular weight is 692 g/mol. The van der Waals surface area contributed by atoms with Crippen LogP contribution < -0.4 is 5.32 Å². The summed E-state index contributed by atoms with van der Waals surface area (Å²) in [5.41, 5.74) is 0. The topological polar surface area (TPSA) is 38.3 Å². The molecule has 0 saturated heterocycles. The van der Waals surface area contributed by atoms with Crippen LogP contribution in [0.4, 0.5) is 0 Å². The Balaban J connectivity index is 0. The number of allylic oxidation sites excluding steroid dienone is 1. The van der Waals surface area contributed by atoms with Gasteiger partial charge in [-0.05, 0) is 70.9 Å². The molecule has 0 aliphatic rings. The zero-order valence-corrected chi connectivity index (χ0v) is 34.7. The second-order valence-electron chi connectivity index (χ2n) is 15.4. The molecule has 3 nitrogen and oxygen atoms in total. The quantitative estimate of drug-likeness (QED) is 0.0396. The average Bonchev–Trinajstić information content (AvgIpc) is 3.10. The van der Waals surface area contributed by atoms with Gasteiger partial charge in [0.15, 0.2) is 0 Å².